The standard InChI is InChI=1S/C26H20Cl2F3N5O2S/c1-15(37)23-13-22(35-36(23)18-9-11-19(12-10-18)38-26(29,30)31)17-7-5-16(6-8-17)14-32-34-25(39)33-24-20(27)3-2-4-21(24)28/h2-12,14,23H,13H2,1H3,(H2,33,34,39)/b32-14+. The van der Waals surface area contributed by atoms with E-state index in [1.54, 1.807) is 24.4 Å². The molecule has 0 spiro atoms. The molecule has 0 radical (unpaired) electrons. The second kappa shape index (κ2) is 12.0. The Bertz CT molecular complexity index is 1410. The molecule has 13 heteroatoms. The number of hydrazone groups is 2. The van der Waals surface area contributed by atoms with Crippen molar-refractivity contribution in [2.75, 3.05) is 10.3 Å². The second-order valence-corrected chi connectivity index (χ2v) is 9.53. The molecule has 3 aromatic rings. The Morgan fingerprint density at radius 2 is 1.74 bits per heavy atom. The number of alkyl halides is 3. The highest BCUT2D eigenvalue weighted by Gasteiger charge is 2.33. The molecule has 0 amide bonds. The first kappa shape index (κ1) is 28.3. The van der Waals surface area contributed by atoms with Gasteiger partial charge in [0.15, 0.2) is 10.9 Å². The van der Waals surface area contributed by atoms with Crippen molar-refractivity contribution in [3.05, 3.63) is 87.9 Å². The molecule has 1 heterocycles. The topological polar surface area (TPSA) is 78.3 Å². The molecule has 39 heavy (non-hydrogen) atoms. The molecule has 0 saturated carbocycles. The summed E-state index contributed by atoms with van der Waals surface area (Å²) in [6, 6.07) is 17.0. The van der Waals surface area contributed by atoms with E-state index < -0.39 is 12.4 Å². The summed E-state index contributed by atoms with van der Waals surface area (Å²) in [5.41, 5.74) is 5.85. The number of ether oxygens (including phenoxy) is 1. The first-order valence-electron chi connectivity index (χ1n) is 11.4. The normalized spacial score (nSPS) is 15.3. The van der Waals surface area contributed by atoms with Crippen molar-refractivity contribution in [1.29, 1.82) is 0 Å². The third kappa shape index (κ3) is 7.47. The fourth-order valence-electron chi connectivity index (χ4n) is 3.73. The summed E-state index contributed by atoms with van der Waals surface area (Å²) in [4.78, 5) is 12.3. The van der Waals surface area contributed by atoms with Gasteiger partial charge in [0.05, 0.1) is 33.3 Å². The van der Waals surface area contributed by atoms with E-state index in [2.05, 4.69) is 25.7 Å². The molecule has 7 nitrogen and oxygen atoms in total. The minimum absolute atomic E-state index is 0.123. The largest absolute Gasteiger partial charge is 0.573 e. The molecule has 0 aliphatic carbocycles. The number of halogens is 5. The van der Waals surface area contributed by atoms with Crippen molar-refractivity contribution in [2.45, 2.75) is 25.7 Å². The van der Waals surface area contributed by atoms with Crippen LogP contribution < -0.4 is 20.5 Å². The Kier molecular flexibility index (Phi) is 8.73. The zero-order valence-corrected chi connectivity index (χ0v) is 22.5. The number of carbonyl (C=O) groups is 1. The van der Waals surface area contributed by atoms with Gasteiger partial charge >= 0.3 is 6.36 Å². The molecule has 202 valence electrons. The van der Waals surface area contributed by atoms with Gasteiger partial charge in [-0.2, -0.15) is 10.2 Å². The van der Waals surface area contributed by atoms with E-state index in [1.807, 2.05) is 24.3 Å². The lowest BCUT2D eigenvalue weighted by molar-refractivity contribution is -0.274. The molecule has 1 unspecified atom stereocenters. The Labute approximate surface area is 237 Å². The summed E-state index contributed by atoms with van der Waals surface area (Å²) in [5, 5.41) is 14.1. The van der Waals surface area contributed by atoms with Crippen LogP contribution >= 0.6 is 35.4 Å². The number of thiocarbonyl (C=S) groups is 1. The fraction of sp³-hybridized carbons (Fsp3) is 0.154. The summed E-state index contributed by atoms with van der Waals surface area (Å²) < 4.78 is 41.3. The lowest BCUT2D eigenvalue weighted by Gasteiger charge is -2.21. The molecule has 4 rings (SSSR count). The second-order valence-electron chi connectivity index (χ2n) is 8.31. The Balaban J connectivity index is 1.41. The van der Waals surface area contributed by atoms with Crippen molar-refractivity contribution >= 4 is 69.6 Å². The summed E-state index contributed by atoms with van der Waals surface area (Å²) in [6.45, 7) is 1.45. The van der Waals surface area contributed by atoms with Gasteiger partial charge in [0.25, 0.3) is 0 Å². The van der Waals surface area contributed by atoms with E-state index in [0.29, 0.717) is 33.6 Å². The van der Waals surface area contributed by atoms with Crippen molar-refractivity contribution in [3.8, 4) is 5.75 Å². The number of nitrogens with one attached hydrogen (secondary N) is 2. The Morgan fingerprint density at radius 1 is 1.10 bits per heavy atom. The van der Waals surface area contributed by atoms with Gasteiger partial charge in [-0.25, -0.2) is 0 Å². The zero-order valence-electron chi connectivity index (χ0n) is 20.2. The van der Waals surface area contributed by atoms with Gasteiger partial charge in [0.1, 0.15) is 11.8 Å². The van der Waals surface area contributed by atoms with Crippen LogP contribution in [0.5, 0.6) is 5.75 Å². The molecule has 0 saturated heterocycles. The third-order valence-electron chi connectivity index (χ3n) is 5.54. The molecule has 1 atom stereocenters. The summed E-state index contributed by atoms with van der Waals surface area (Å²) in [5.74, 6) is -0.480. The van der Waals surface area contributed by atoms with Crippen LogP contribution in [0.15, 0.2) is 76.9 Å². The quantitative estimate of drug-likeness (QED) is 0.178. The molecular formula is C26H20Cl2F3N5O2S. The predicted molar refractivity (Wildman–Crippen MR) is 151 cm³/mol. The number of benzene rings is 3. The highest BCUT2D eigenvalue weighted by Crippen LogP contribution is 2.31. The Hall–Kier alpha value is -3.67. The number of hydrogen-bond acceptors (Lipinski definition) is 6. The van der Waals surface area contributed by atoms with Crippen LogP contribution in [-0.2, 0) is 4.79 Å². The van der Waals surface area contributed by atoms with Gasteiger partial charge in [-0.15, -0.1) is 13.2 Å². The van der Waals surface area contributed by atoms with Crippen LogP contribution in [0.1, 0.15) is 24.5 Å². The van der Waals surface area contributed by atoms with Crippen molar-refractivity contribution in [2.24, 2.45) is 10.2 Å². The Morgan fingerprint density at radius 3 is 2.33 bits per heavy atom. The highest BCUT2D eigenvalue weighted by atomic mass is 35.5. The smallest absolute Gasteiger partial charge is 0.406 e. The average molecular weight is 594 g/mol. The molecule has 0 bridgehead atoms. The van der Waals surface area contributed by atoms with Gasteiger partial charge in [0, 0.05) is 6.42 Å². The van der Waals surface area contributed by atoms with E-state index in [0.717, 1.165) is 11.1 Å². The molecule has 3 aromatic carbocycles. The number of rotatable bonds is 7. The van der Waals surface area contributed by atoms with Crippen LogP contribution in [0.3, 0.4) is 0 Å². The SMILES string of the molecule is CC(=O)C1CC(c2ccc(/C=N/NC(=S)Nc3c(Cl)cccc3Cl)cc2)=NN1c1ccc(OC(F)(F)F)cc1. The minimum Gasteiger partial charge on any atom is -0.406 e. The van der Waals surface area contributed by atoms with E-state index in [9.17, 15) is 18.0 Å². The van der Waals surface area contributed by atoms with Crippen LogP contribution in [0.2, 0.25) is 10.0 Å². The van der Waals surface area contributed by atoms with Gasteiger partial charge in [-0.05, 0) is 66.7 Å². The van der Waals surface area contributed by atoms with Crippen LogP contribution in [0.4, 0.5) is 24.5 Å². The van der Waals surface area contributed by atoms with Gasteiger partial charge in [0.2, 0.25) is 0 Å². The first-order chi connectivity index (χ1) is 18.5. The molecule has 0 fully saturated rings. The summed E-state index contributed by atoms with van der Waals surface area (Å²) in [7, 11) is 0. The summed E-state index contributed by atoms with van der Waals surface area (Å²) >= 11 is 17.5. The number of nitrogens with zero attached hydrogens (tertiary/aromatic N) is 3. The van der Waals surface area contributed by atoms with Crippen molar-refractivity contribution < 1.29 is 22.7 Å². The number of anilines is 2. The van der Waals surface area contributed by atoms with E-state index in [1.165, 1.54) is 36.2 Å². The van der Waals surface area contributed by atoms with E-state index >= 15 is 0 Å². The molecule has 1 aliphatic heterocycles. The van der Waals surface area contributed by atoms with Crippen molar-refractivity contribution in [3.63, 3.8) is 0 Å². The average Bonchev–Trinajstić information content (AvgIpc) is 3.32. The minimum atomic E-state index is -4.79. The van der Waals surface area contributed by atoms with E-state index in [-0.39, 0.29) is 16.6 Å². The lowest BCUT2D eigenvalue weighted by atomic mass is 10.0. The van der Waals surface area contributed by atoms with Crippen LogP contribution in [0.25, 0.3) is 0 Å². The maximum absolute atomic E-state index is 12.5. The maximum Gasteiger partial charge on any atom is 0.573 e. The maximum atomic E-state index is 12.5. The number of hydrogen-bond donors (Lipinski definition) is 2. The van der Waals surface area contributed by atoms with Crippen molar-refractivity contribution in [1.82, 2.24) is 5.43 Å². The van der Waals surface area contributed by atoms with E-state index in [4.69, 9.17) is 35.4 Å². The molecule has 1 aliphatic rings. The van der Waals surface area contributed by atoms with Gasteiger partial charge < -0.3 is 10.1 Å². The molecule has 0 aromatic heterocycles. The molecule has 2 N–H and O–H groups in total. The number of para-hydroxylation sites is 1. The first-order valence-corrected chi connectivity index (χ1v) is 12.5. The lowest BCUT2D eigenvalue weighted by Crippen LogP contribution is -2.32. The van der Waals surface area contributed by atoms with Gasteiger partial charge in [-0.1, -0.05) is 53.5 Å². The van der Waals surface area contributed by atoms with Crippen LogP contribution in [0, 0.1) is 0 Å². The molecular weight excluding hydrogens is 574 g/mol. The monoisotopic (exact) mass is 593 g/mol. The number of carbonyl (C=O) groups excluding carboxylic acids is 1. The zero-order chi connectivity index (χ0) is 28.2. The highest BCUT2D eigenvalue weighted by molar-refractivity contribution is 7.80. The van der Waals surface area contributed by atoms with Gasteiger partial charge in [-0.3, -0.25) is 15.2 Å². The predicted octanol–water partition coefficient (Wildman–Crippen LogP) is 6.78. The third-order valence-corrected chi connectivity index (χ3v) is 6.36. The van der Waals surface area contributed by atoms with Crippen LogP contribution in [-0.4, -0.2) is 35.2 Å². The summed E-state index contributed by atoms with van der Waals surface area (Å²) in [6.07, 6.45) is -2.88. The fourth-order valence-corrected chi connectivity index (χ4v) is 4.37. The number of ketones is 1. The number of Topliss-reactive ketones (excluding diaryl/α,β-unsaturated/α-hetero) is 1.